The van der Waals surface area contributed by atoms with Gasteiger partial charge in [-0.15, -0.1) is 0 Å². The lowest BCUT2D eigenvalue weighted by Gasteiger charge is -2.23. The molecule has 0 unspecified atom stereocenters. The third-order valence-corrected chi connectivity index (χ3v) is 3.11. The number of aromatic nitrogens is 1. The van der Waals surface area contributed by atoms with E-state index in [1.54, 1.807) is 6.20 Å². The van der Waals surface area contributed by atoms with Gasteiger partial charge in [0.2, 0.25) is 0 Å². The minimum atomic E-state index is 0.515. The maximum atomic E-state index is 5.87. The van der Waals surface area contributed by atoms with Gasteiger partial charge in [-0.05, 0) is 24.5 Å². The number of guanidine groups is 1. The molecule has 1 heterocycles. The SMILES string of the molecule is NC(=NCc1cccnc1)NC1CCCCC1. The Bertz CT molecular complexity index is 355. The predicted octanol–water partition coefficient (Wildman–Crippen LogP) is 1.82. The summed E-state index contributed by atoms with van der Waals surface area (Å²) in [5.41, 5.74) is 6.96. The highest BCUT2D eigenvalue weighted by molar-refractivity contribution is 5.78. The monoisotopic (exact) mass is 232 g/mol. The van der Waals surface area contributed by atoms with Crippen LogP contribution >= 0.6 is 0 Å². The van der Waals surface area contributed by atoms with Crippen molar-refractivity contribution in [2.24, 2.45) is 10.7 Å². The van der Waals surface area contributed by atoms with Crippen molar-refractivity contribution in [3.63, 3.8) is 0 Å². The van der Waals surface area contributed by atoms with Crippen LogP contribution in [0.25, 0.3) is 0 Å². The van der Waals surface area contributed by atoms with Crippen LogP contribution in [-0.2, 0) is 6.54 Å². The van der Waals surface area contributed by atoms with E-state index in [2.05, 4.69) is 15.3 Å². The number of rotatable bonds is 3. The van der Waals surface area contributed by atoms with Gasteiger partial charge >= 0.3 is 0 Å². The van der Waals surface area contributed by atoms with Crippen LogP contribution in [0.3, 0.4) is 0 Å². The third-order valence-electron chi connectivity index (χ3n) is 3.11. The van der Waals surface area contributed by atoms with Crippen LogP contribution in [0.4, 0.5) is 0 Å². The molecule has 0 aliphatic heterocycles. The van der Waals surface area contributed by atoms with E-state index in [9.17, 15) is 0 Å². The van der Waals surface area contributed by atoms with Gasteiger partial charge in [0.1, 0.15) is 0 Å². The number of pyridine rings is 1. The number of aliphatic imine (C=N–C) groups is 1. The average Bonchev–Trinajstić information content (AvgIpc) is 2.39. The molecule has 1 fully saturated rings. The average molecular weight is 232 g/mol. The van der Waals surface area contributed by atoms with Crippen molar-refractivity contribution in [3.8, 4) is 0 Å². The smallest absolute Gasteiger partial charge is 0.189 e. The number of nitrogens with two attached hydrogens (primary N) is 1. The molecule has 1 saturated carbocycles. The second kappa shape index (κ2) is 6.23. The Hall–Kier alpha value is -1.58. The van der Waals surface area contributed by atoms with Gasteiger partial charge in [0, 0.05) is 18.4 Å². The third kappa shape index (κ3) is 4.06. The molecular weight excluding hydrogens is 212 g/mol. The second-order valence-corrected chi connectivity index (χ2v) is 4.54. The van der Waals surface area contributed by atoms with Crippen molar-refractivity contribution >= 4 is 5.96 Å². The van der Waals surface area contributed by atoms with Gasteiger partial charge in [-0.1, -0.05) is 25.3 Å². The van der Waals surface area contributed by atoms with E-state index in [0.717, 1.165) is 5.56 Å². The Kier molecular flexibility index (Phi) is 4.36. The van der Waals surface area contributed by atoms with E-state index in [1.807, 2.05) is 18.3 Å². The van der Waals surface area contributed by atoms with Gasteiger partial charge < -0.3 is 11.1 Å². The molecule has 1 aliphatic rings. The van der Waals surface area contributed by atoms with Gasteiger partial charge in [0.05, 0.1) is 6.54 Å². The summed E-state index contributed by atoms with van der Waals surface area (Å²) in [4.78, 5) is 8.38. The molecule has 0 amide bonds. The van der Waals surface area contributed by atoms with Crippen LogP contribution in [0.15, 0.2) is 29.5 Å². The first kappa shape index (κ1) is 11.9. The standard InChI is InChI=1S/C13H20N4/c14-13(17-12-6-2-1-3-7-12)16-10-11-5-4-8-15-9-11/h4-5,8-9,12H,1-3,6-7,10H2,(H3,14,16,17). The maximum absolute atomic E-state index is 5.87. The zero-order valence-electron chi connectivity index (χ0n) is 10.1. The Labute approximate surface area is 102 Å². The molecule has 17 heavy (non-hydrogen) atoms. The molecule has 0 saturated heterocycles. The summed E-state index contributed by atoms with van der Waals surface area (Å²) >= 11 is 0. The van der Waals surface area contributed by atoms with Crippen molar-refractivity contribution in [1.29, 1.82) is 0 Å². The van der Waals surface area contributed by atoms with Crippen LogP contribution in [0.1, 0.15) is 37.7 Å². The molecule has 0 aromatic carbocycles. The summed E-state index contributed by atoms with van der Waals surface area (Å²) in [7, 11) is 0. The largest absolute Gasteiger partial charge is 0.370 e. The molecule has 0 radical (unpaired) electrons. The van der Waals surface area contributed by atoms with E-state index in [1.165, 1.54) is 32.1 Å². The van der Waals surface area contributed by atoms with Gasteiger partial charge in [-0.25, -0.2) is 4.99 Å². The highest BCUT2D eigenvalue weighted by Gasteiger charge is 2.12. The second-order valence-electron chi connectivity index (χ2n) is 4.54. The zero-order valence-corrected chi connectivity index (χ0v) is 10.1. The molecule has 1 aliphatic carbocycles. The molecule has 0 atom stereocenters. The molecule has 92 valence electrons. The summed E-state index contributed by atoms with van der Waals surface area (Å²) in [5, 5.41) is 3.30. The molecule has 1 aromatic heterocycles. The Balaban J connectivity index is 1.80. The Morgan fingerprint density at radius 1 is 1.41 bits per heavy atom. The summed E-state index contributed by atoms with van der Waals surface area (Å²) in [6, 6.07) is 4.43. The molecular formula is C13H20N4. The van der Waals surface area contributed by atoms with Crippen LogP contribution in [-0.4, -0.2) is 17.0 Å². The lowest BCUT2D eigenvalue weighted by atomic mass is 9.96. The predicted molar refractivity (Wildman–Crippen MR) is 69.6 cm³/mol. The van der Waals surface area contributed by atoms with E-state index >= 15 is 0 Å². The summed E-state index contributed by atoms with van der Waals surface area (Å²) in [6.07, 6.45) is 9.95. The summed E-state index contributed by atoms with van der Waals surface area (Å²) < 4.78 is 0. The topological polar surface area (TPSA) is 63.3 Å². The van der Waals surface area contributed by atoms with Crippen LogP contribution < -0.4 is 11.1 Å². The van der Waals surface area contributed by atoms with Crippen molar-refractivity contribution in [3.05, 3.63) is 30.1 Å². The van der Waals surface area contributed by atoms with Crippen molar-refractivity contribution in [2.45, 2.75) is 44.7 Å². The minimum Gasteiger partial charge on any atom is -0.370 e. The van der Waals surface area contributed by atoms with Gasteiger partial charge in [-0.2, -0.15) is 0 Å². The van der Waals surface area contributed by atoms with E-state index in [0.29, 0.717) is 18.5 Å². The number of nitrogens with zero attached hydrogens (tertiary/aromatic N) is 2. The van der Waals surface area contributed by atoms with Gasteiger partial charge in [0.25, 0.3) is 0 Å². The molecule has 3 N–H and O–H groups in total. The minimum absolute atomic E-state index is 0.515. The van der Waals surface area contributed by atoms with Crippen molar-refractivity contribution in [2.75, 3.05) is 0 Å². The number of hydrogen-bond acceptors (Lipinski definition) is 2. The first-order valence-electron chi connectivity index (χ1n) is 6.30. The van der Waals surface area contributed by atoms with E-state index < -0.39 is 0 Å². The van der Waals surface area contributed by atoms with Crippen molar-refractivity contribution < 1.29 is 0 Å². The lowest BCUT2D eigenvalue weighted by molar-refractivity contribution is 0.412. The van der Waals surface area contributed by atoms with Crippen LogP contribution in [0, 0.1) is 0 Å². The first-order chi connectivity index (χ1) is 8.34. The van der Waals surface area contributed by atoms with Gasteiger partial charge in [0.15, 0.2) is 5.96 Å². The quantitative estimate of drug-likeness (QED) is 0.617. The molecule has 1 aromatic rings. The molecule has 4 nitrogen and oxygen atoms in total. The molecule has 0 bridgehead atoms. The normalized spacial score (nSPS) is 18.0. The molecule has 0 spiro atoms. The van der Waals surface area contributed by atoms with Crippen LogP contribution in [0.2, 0.25) is 0 Å². The van der Waals surface area contributed by atoms with E-state index in [-0.39, 0.29) is 0 Å². The Morgan fingerprint density at radius 2 is 2.24 bits per heavy atom. The van der Waals surface area contributed by atoms with Crippen LogP contribution in [0.5, 0.6) is 0 Å². The highest BCUT2D eigenvalue weighted by atomic mass is 15.1. The fourth-order valence-corrected chi connectivity index (χ4v) is 2.17. The fraction of sp³-hybridized carbons (Fsp3) is 0.538. The Morgan fingerprint density at radius 3 is 2.94 bits per heavy atom. The maximum Gasteiger partial charge on any atom is 0.189 e. The zero-order chi connectivity index (χ0) is 11.9. The summed E-state index contributed by atoms with van der Waals surface area (Å²) in [6.45, 7) is 0.597. The molecule has 4 heteroatoms. The summed E-state index contributed by atoms with van der Waals surface area (Å²) in [5.74, 6) is 0.556. The lowest BCUT2D eigenvalue weighted by Crippen LogP contribution is -2.41. The number of nitrogens with one attached hydrogen (secondary N) is 1. The molecule has 2 rings (SSSR count). The first-order valence-corrected chi connectivity index (χ1v) is 6.30. The highest BCUT2D eigenvalue weighted by Crippen LogP contribution is 2.17. The van der Waals surface area contributed by atoms with Crippen molar-refractivity contribution in [1.82, 2.24) is 10.3 Å². The van der Waals surface area contributed by atoms with Gasteiger partial charge in [-0.3, -0.25) is 4.98 Å². The fourth-order valence-electron chi connectivity index (χ4n) is 2.17. The number of hydrogen-bond donors (Lipinski definition) is 2. The van der Waals surface area contributed by atoms with E-state index in [4.69, 9.17) is 5.73 Å².